The summed E-state index contributed by atoms with van der Waals surface area (Å²) in [6.07, 6.45) is 0. The number of anilines is 1. The molecule has 0 aliphatic rings. The molecule has 0 aliphatic carbocycles. The van der Waals surface area contributed by atoms with Crippen molar-refractivity contribution in [2.24, 2.45) is 0 Å². The molecule has 1 aromatic rings. The molecule has 1 heterocycles. The molecule has 0 saturated heterocycles. The van der Waals surface area contributed by atoms with Gasteiger partial charge in [-0.3, -0.25) is 0 Å². The zero-order chi connectivity index (χ0) is 7.98. The van der Waals surface area contributed by atoms with E-state index in [-0.39, 0.29) is 0 Å². The zero-order valence-electron chi connectivity index (χ0n) is 6.93. The third kappa shape index (κ3) is 2.82. The Bertz CT molecular complexity index is 172. The van der Waals surface area contributed by atoms with E-state index in [1.54, 1.807) is 0 Å². The van der Waals surface area contributed by atoms with Gasteiger partial charge in [-0.15, -0.1) is 0 Å². The van der Waals surface area contributed by atoms with Gasteiger partial charge in [-0.2, -0.15) is 4.37 Å². The summed E-state index contributed by atoms with van der Waals surface area (Å²) in [7, 11) is 1.90. The smallest absolute Gasteiger partial charge is 0.109 e. The maximum atomic E-state index is 4.07. The number of nitrogens with zero attached hydrogens (tertiary/aromatic N) is 1. The van der Waals surface area contributed by atoms with Crippen LogP contribution in [0.2, 0.25) is 0 Å². The topological polar surface area (TPSA) is 24.9 Å². The van der Waals surface area contributed by atoms with Gasteiger partial charge in [0.1, 0.15) is 5.00 Å². The van der Waals surface area contributed by atoms with E-state index < -0.39 is 0 Å². The van der Waals surface area contributed by atoms with Crippen LogP contribution in [0.25, 0.3) is 0 Å². The minimum Gasteiger partial charge on any atom is -0.379 e. The van der Waals surface area contributed by atoms with Crippen LogP contribution >= 0.6 is 11.5 Å². The molecule has 0 fully saturated rings. The van der Waals surface area contributed by atoms with Gasteiger partial charge in [0.2, 0.25) is 0 Å². The molecule has 10 heavy (non-hydrogen) atoms. The van der Waals surface area contributed by atoms with Crippen molar-refractivity contribution in [3.05, 3.63) is 11.8 Å². The van der Waals surface area contributed by atoms with Gasteiger partial charge in [0.25, 0.3) is 0 Å². The molecule has 0 saturated carbocycles. The van der Waals surface area contributed by atoms with Crippen molar-refractivity contribution in [3.63, 3.8) is 0 Å². The highest BCUT2D eigenvalue weighted by atomic mass is 32.1. The first-order chi connectivity index (χ1) is 4.83. The fraction of sp³-hybridized carbons (Fsp3) is 0.571. The molecule has 0 unspecified atom stereocenters. The first kappa shape index (κ1) is 9.43. The first-order valence-corrected chi connectivity index (χ1v) is 4.21. The normalized spacial score (nSPS) is 8.00. The standard InChI is InChI=1S/C5H8N2S.C2H6/c1-4-3-5(6-2)8-7-4;1-2/h3,6H,1-2H3;1-2H3. The summed E-state index contributed by atoms with van der Waals surface area (Å²) >= 11 is 1.49. The molecule has 2 nitrogen and oxygen atoms in total. The maximum Gasteiger partial charge on any atom is 0.109 e. The summed E-state index contributed by atoms with van der Waals surface area (Å²) in [6.45, 7) is 5.98. The molecule has 0 aromatic carbocycles. The Kier molecular flexibility index (Phi) is 4.94. The largest absolute Gasteiger partial charge is 0.379 e. The van der Waals surface area contributed by atoms with Gasteiger partial charge in [-0.1, -0.05) is 13.8 Å². The van der Waals surface area contributed by atoms with Gasteiger partial charge >= 0.3 is 0 Å². The SMILES string of the molecule is CC.CNc1cc(C)ns1. The third-order valence-corrected chi connectivity index (χ3v) is 1.77. The van der Waals surface area contributed by atoms with Crippen molar-refractivity contribution in [1.29, 1.82) is 0 Å². The number of aryl methyl sites for hydroxylation is 1. The van der Waals surface area contributed by atoms with Gasteiger partial charge in [0.15, 0.2) is 0 Å². The Morgan fingerprint density at radius 2 is 2.10 bits per heavy atom. The minimum atomic E-state index is 1.08. The lowest BCUT2D eigenvalue weighted by atomic mass is 10.5. The van der Waals surface area contributed by atoms with E-state index in [1.165, 1.54) is 11.5 Å². The predicted octanol–water partition coefficient (Wildman–Crippen LogP) is 2.52. The number of aromatic nitrogens is 1. The van der Waals surface area contributed by atoms with E-state index in [2.05, 4.69) is 9.69 Å². The van der Waals surface area contributed by atoms with E-state index in [0.717, 1.165) is 10.7 Å². The zero-order valence-corrected chi connectivity index (χ0v) is 7.75. The Morgan fingerprint density at radius 1 is 1.50 bits per heavy atom. The summed E-state index contributed by atoms with van der Waals surface area (Å²) in [5.74, 6) is 0. The lowest BCUT2D eigenvalue weighted by Crippen LogP contribution is -1.80. The highest BCUT2D eigenvalue weighted by Crippen LogP contribution is 2.13. The van der Waals surface area contributed by atoms with Crippen LogP contribution in [-0.2, 0) is 0 Å². The van der Waals surface area contributed by atoms with E-state index in [0.29, 0.717) is 0 Å². The average Bonchev–Trinajstić information content (AvgIpc) is 2.40. The summed E-state index contributed by atoms with van der Waals surface area (Å²) < 4.78 is 4.07. The molecule has 58 valence electrons. The summed E-state index contributed by atoms with van der Waals surface area (Å²) in [5.41, 5.74) is 1.08. The van der Waals surface area contributed by atoms with E-state index in [4.69, 9.17) is 0 Å². The van der Waals surface area contributed by atoms with Crippen LogP contribution in [0.3, 0.4) is 0 Å². The van der Waals surface area contributed by atoms with Crippen LogP contribution in [0.4, 0.5) is 5.00 Å². The van der Waals surface area contributed by atoms with Crippen LogP contribution in [0, 0.1) is 6.92 Å². The van der Waals surface area contributed by atoms with Crippen molar-refractivity contribution >= 4 is 16.5 Å². The second-order valence-electron chi connectivity index (χ2n) is 1.58. The average molecular weight is 158 g/mol. The fourth-order valence-corrected chi connectivity index (χ4v) is 1.09. The van der Waals surface area contributed by atoms with Crippen molar-refractivity contribution in [3.8, 4) is 0 Å². The highest BCUT2D eigenvalue weighted by Gasteiger charge is 1.90. The van der Waals surface area contributed by atoms with Crippen LogP contribution < -0.4 is 5.32 Å². The Labute approximate surface area is 66.4 Å². The summed E-state index contributed by atoms with van der Waals surface area (Å²) in [6, 6.07) is 2.02. The van der Waals surface area contributed by atoms with E-state index in [1.807, 2.05) is 33.9 Å². The molecular formula is C7H14N2S. The van der Waals surface area contributed by atoms with Crippen molar-refractivity contribution < 1.29 is 0 Å². The number of hydrogen-bond donors (Lipinski definition) is 1. The predicted molar refractivity (Wildman–Crippen MR) is 47.7 cm³/mol. The molecule has 1 aromatic heterocycles. The lowest BCUT2D eigenvalue weighted by Gasteiger charge is -1.84. The molecule has 0 amide bonds. The van der Waals surface area contributed by atoms with Crippen LogP contribution in [0.5, 0.6) is 0 Å². The van der Waals surface area contributed by atoms with Gasteiger partial charge in [-0.25, -0.2) is 0 Å². The summed E-state index contributed by atoms with van der Waals surface area (Å²) in [5, 5.41) is 4.13. The number of rotatable bonds is 1. The van der Waals surface area contributed by atoms with E-state index >= 15 is 0 Å². The second kappa shape index (κ2) is 5.23. The first-order valence-electron chi connectivity index (χ1n) is 3.44. The van der Waals surface area contributed by atoms with Crippen molar-refractivity contribution in [1.82, 2.24) is 4.37 Å². The second-order valence-corrected chi connectivity index (χ2v) is 2.39. The molecular weight excluding hydrogens is 144 g/mol. The number of nitrogens with one attached hydrogen (secondary N) is 1. The monoisotopic (exact) mass is 158 g/mol. The van der Waals surface area contributed by atoms with Gasteiger partial charge < -0.3 is 5.32 Å². The Hall–Kier alpha value is -0.570. The molecule has 3 heteroatoms. The maximum absolute atomic E-state index is 4.07. The third-order valence-electron chi connectivity index (χ3n) is 0.874. The van der Waals surface area contributed by atoms with Gasteiger partial charge in [0.05, 0.1) is 5.69 Å². The quantitative estimate of drug-likeness (QED) is 0.679. The molecule has 1 rings (SSSR count). The van der Waals surface area contributed by atoms with Crippen LogP contribution in [0.15, 0.2) is 6.07 Å². The minimum absolute atomic E-state index is 1.08. The van der Waals surface area contributed by atoms with Crippen LogP contribution in [0.1, 0.15) is 19.5 Å². The number of hydrogen-bond acceptors (Lipinski definition) is 3. The molecule has 0 radical (unpaired) electrons. The molecule has 0 spiro atoms. The summed E-state index contributed by atoms with van der Waals surface area (Å²) in [4.78, 5) is 0. The molecule has 1 N–H and O–H groups in total. The van der Waals surface area contributed by atoms with E-state index in [9.17, 15) is 0 Å². The van der Waals surface area contributed by atoms with Crippen molar-refractivity contribution in [2.45, 2.75) is 20.8 Å². The Balaban J connectivity index is 0.000000371. The fourth-order valence-electron chi connectivity index (χ4n) is 0.481. The molecule has 0 atom stereocenters. The lowest BCUT2D eigenvalue weighted by molar-refractivity contribution is 1.34. The van der Waals surface area contributed by atoms with Crippen LogP contribution in [-0.4, -0.2) is 11.4 Å². The van der Waals surface area contributed by atoms with Gasteiger partial charge in [0, 0.05) is 7.05 Å². The molecule has 0 aliphatic heterocycles. The molecule has 0 bridgehead atoms. The van der Waals surface area contributed by atoms with Gasteiger partial charge in [-0.05, 0) is 24.5 Å². The highest BCUT2D eigenvalue weighted by molar-refractivity contribution is 7.10. The Morgan fingerprint density at radius 3 is 2.30 bits per heavy atom. The van der Waals surface area contributed by atoms with Crippen molar-refractivity contribution in [2.75, 3.05) is 12.4 Å².